The van der Waals surface area contributed by atoms with Gasteiger partial charge in [-0.15, -0.1) is 0 Å². The molecule has 0 N–H and O–H groups in total. The maximum atomic E-state index is 13.5. The normalized spacial score (nSPS) is 14.0. The summed E-state index contributed by atoms with van der Waals surface area (Å²) < 4.78 is 13.5. The van der Waals surface area contributed by atoms with E-state index in [1.807, 2.05) is 6.07 Å². The highest BCUT2D eigenvalue weighted by Gasteiger charge is 2.39. The lowest BCUT2D eigenvalue weighted by molar-refractivity contribution is 0.107. The fourth-order valence-corrected chi connectivity index (χ4v) is 5.36. The van der Waals surface area contributed by atoms with Crippen molar-refractivity contribution in [1.29, 1.82) is 0 Å². The van der Waals surface area contributed by atoms with Crippen molar-refractivity contribution in [2.75, 3.05) is 0 Å². The van der Waals surface area contributed by atoms with Crippen LogP contribution in [0, 0.1) is 0 Å². The topological polar surface area (TPSA) is 34.1 Å². The number of halogens is 2. The van der Waals surface area contributed by atoms with Crippen LogP contribution in [0.2, 0.25) is 10.0 Å². The molecule has 0 amide bonds. The number of rotatable bonds is 4. The number of carbonyl (C=O) groups is 1. The van der Waals surface area contributed by atoms with E-state index in [0.29, 0.717) is 5.30 Å². The minimum Gasteiger partial charge on any atom is -0.310 e. The van der Waals surface area contributed by atoms with Gasteiger partial charge >= 0.3 is 0 Å². The molecule has 0 saturated carbocycles. The highest BCUT2D eigenvalue weighted by molar-refractivity contribution is 7.88. The van der Waals surface area contributed by atoms with E-state index >= 15 is 0 Å². The van der Waals surface area contributed by atoms with Crippen LogP contribution in [0.25, 0.3) is 0 Å². The average molecular weight is 341 g/mol. The molecule has 0 bridgehead atoms. The summed E-state index contributed by atoms with van der Waals surface area (Å²) in [6, 6.07) is 13.6. The zero-order chi connectivity index (χ0) is 15.6. The van der Waals surface area contributed by atoms with Crippen molar-refractivity contribution in [2.45, 2.75) is 19.5 Å². The molecule has 5 heteroatoms. The van der Waals surface area contributed by atoms with Crippen molar-refractivity contribution in [3.8, 4) is 0 Å². The van der Waals surface area contributed by atoms with Crippen LogP contribution in [0.4, 0.5) is 0 Å². The summed E-state index contributed by atoms with van der Waals surface area (Å²) >= 11 is 12.2. The van der Waals surface area contributed by atoms with Crippen LogP contribution in [0.5, 0.6) is 0 Å². The molecule has 0 spiro atoms. The number of benzene rings is 2. The molecule has 2 rings (SSSR count). The first-order valence-electron chi connectivity index (χ1n) is 6.53. The number of hydrogen-bond acceptors (Lipinski definition) is 2. The molecule has 0 heterocycles. The lowest BCUT2D eigenvalue weighted by Gasteiger charge is -2.22. The molecule has 0 aromatic heterocycles. The molecule has 2 nitrogen and oxygen atoms in total. The summed E-state index contributed by atoms with van der Waals surface area (Å²) in [4.78, 5) is 12.9. The van der Waals surface area contributed by atoms with E-state index in [4.69, 9.17) is 23.2 Å². The minimum absolute atomic E-state index is 0.140. The molecule has 0 aliphatic carbocycles. The Morgan fingerprint density at radius 3 is 1.95 bits per heavy atom. The molecule has 110 valence electrons. The lowest BCUT2D eigenvalue weighted by atomic mass is 10.2. The molecule has 0 saturated heterocycles. The van der Waals surface area contributed by atoms with Gasteiger partial charge in [0.1, 0.15) is 0 Å². The standard InChI is InChI=1S/C16H15Cl2O2P/c1-11(2)21(20,12-7-4-3-5-8-12)16(19)15-13(17)9-6-10-14(15)18/h3-11H,1-2H3. The summed E-state index contributed by atoms with van der Waals surface area (Å²) in [7, 11) is -3.32. The Kier molecular flexibility index (Phi) is 4.93. The first kappa shape index (κ1) is 16.3. The SMILES string of the molecule is CC(C)P(=O)(C(=O)c1c(Cl)cccc1Cl)c1ccccc1. The van der Waals surface area contributed by atoms with Gasteiger partial charge in [-0.1, -0.05) is 73.4 Å². The summed E-state index contributed by atoms with van der Waals surface area (Å²) in [6.07, 6.45) is 0. The molecule has 0 radical (unpaired) electrons. The van der Waals surface area contributed by atoms with Crippen LogP contribution in [-0.2, 0) is 4.57 Å². The predicted octanol–water partition coefficient (Wildman–Crippen LogP) is 5.23. The Balaban J connectivity index is 2.65. The van der Waals surface area contributed by atoms with Gasteiger partial charge < -0.3 is 4.57 Å². The van der Waals surface area contributed by atoms with Crippen LogP contribution in [-0.4, -0.2) is 11.2 Å². The van der Waals surface area contributed by atoms with Crippen molar-refractivity contribution >= 4 is 41.2 Å². The zero-order valence-electron chi connectivity index (χ0n) is 11.7. The van der Waals surface area contributed by atoms with Gasteiger partial charge in [-0.2, -0.15) is 0 Å². The van der Waals surface area contributed by atoms with Crippen molar-refractivity contribution < 1.29 is 9.36 Å². The second-order valence-corrected chi connectivity index (χ2v) is 9.07. The van der Waals surface area contributed by atoms with Gasteiger partial charge in [-0.05, 0) is 12.1 Å². The van der Waals surface area contributed by atoms with Crippen molar-refractivity contribution in [3.05, 3.63) is 64.1 Å². The molecule has 1 unspecified atom stereocenters. The molecular weight excluding hydrogens is 326 g/mol. The maximum Gasteiger partial charge on any atom is 0.228 e. The van der Waals surface area contributed by atoms with E-state index in [-0.39, 0.29) is 21.3 Å². The largest absolute Gasteiger partial charge is 0.310 e. The summed E-state index contributed by atoms with van der Waals surface area (Å²) in [5.41, 5.74) is -0.680. The van der Waals surface area contributed by atoms with Crippen molar-refractivity contribution in [1.82, 2.24) is 0 Å². The molecule has 2 aromatic carbocycles. The Morgan fingerprint density at radius 1 is 0.952 bits per heavy atom. The summed E-state index contributed by atoms with van der Waals surface area (Å²) in [6.45, 7) is 3.55. The van der Waals surface area contributed by atoms with Crippen molar-refractivity contribution in [3.63, 3.8) is 0 Å². The van der Waals surface area contributed by atoms with E-state index in [1.54, 1.807) is 56.3 Å². The van der Waals surface area contributed by atoms with E-state index in [2.05, 4.69) is 0 Å². The summed E-state index contributed by atoms with van der Waals surface area (Å²) in [5, 5.41) is 0.981. The van der Waals surface area contributed by atoms with Crippen LogP contribution < -0.4 is 5.30 Å². The van der Waals surface area contributed by atoms with Gasteiger partial charge in [0, 0.05) is 11.0 Å². The van der Waals surface area contributed by atoms with Gasteiger partial charge in [0.05, 0.1) is 15.6 Å². The van der Waals surface area contributed by atoms with Gasteiger partial charge in [-0.3, -0.25) is 4.79 Å². The van der Waals surface area contributed by atoms with Crippen LogP contribution in [0.1, 0.15) is 24.2 Å². The summed E-state index contributed by atoms with van der Waals surface area (Å²) in [5.74, 6) is 0. The molecule has 2 aromatic rings. The second kappa shape index (κ2) is 6.36. The quantitative estimate of drug-likeness (QED) is 0.714. The lowest BCUT2D eigenvalue weighted by Crippen LogP contribution is -2.20. The third-order valence-electron chi connectivity index (χ3n) is 3.35. The van der Waals surface area contributed by atoms with Crippen molar-refractivity contribution in [2.24, 2.45) is 0 Å². The van der Waals surface area contributed by atoms with E-state index in [1.165, 1.54) is 0 Å². The van der Waals surface area contributed by atoms with Gasteiger partial charge in [0.15, 0.2) is 7.14 Å². The van der Waals surface area contributed by atoms with Gasteiger partial charge in [-0.25, -0.2) is 0 Å². The average Bonchev–Trinajstić information content (AvgIpc) is 2.46. The van der Waals surface area contributed by atoms with E-state index < -0.39 is 12.7 Å². The van der Waals surface area contributed by atoms with Crippen LogP contribution in [0.3, 0.4) is 0 Å². The number of carbonyl (C=O) groups excluding carboxylic acids is 1. The zero-order valence-corrected chi connectivity index (χ0v) is 14.1. The molecule has 21 heavy (non-hydrogen) atoms. The molecular formula is C16H15Cl2O2P. The van der Waals surface area contributed by atoms with Gasteiger partial charge in [0.25, 0.3) is 0 Å². The smallest absolute Gasteiger partial charge is 0.228 e. The maximum absolute atomic E-state index is 13.5. The highest BCUT2D eigenvalue weighted by atomic mass is 35.5. The molecule has 0 aliphatic rings. The highest BCUT2D eigenvalue weighted by Crippen LogP contribution is 2.53. The van der Waals surface area contributed by atoms with E-state index in [0.717, 1.165) is 0 Å². The molecule has 1 atom stereocenters. The van der Waals surface area contributed by atoms with E-state index in [9.17, 15) is 9.36 Å². The number of hydrogen-bond donors (Lipinski definition) is 0. The fourth-order valence-electron chi connectivity index (χ4n) is 2.17. The third kappa shape index (κ3) is 2.94. The predicted molar refractivity (Wildman–Crippen MR) is 89.6 cm³/mol. The van der Waals surface area contributed by atoms with Crippen LogP contribution in [0.15, 0.2) is 48.5 Å². The second-order valence-electron chi connectivity index (χ2n) is 4.99. The fraction of sp³-hybridized carbons (Fsp3) is 0.188. The monoisotopic (exact) mass is 340 g/mol. The Morgan fingerprint density at radius 2 is 1.48 bits per heavy atom. The molecule has 0 aliphatic heterocycles. The Labute approximate surface area is 134 Å². The molecule has 0 fully saturated rings. The van der Waals surface area contributed by atoms with Crippen LogP contribution >= 0.6 is 30.3 Å². The Bertz CT molecular complexity index is 691. The first-order valence-corrected chi connectivity index (χ1v) is 9.06. The Hall–Kier alpha value is -1.08. The minimum atomic E-state index is -3.32. The van der Waals surface area contributed by atoms with Gasteiger partial charge in [0.2, 0.25) is 5.52 Å². The first-order chi connectivity index (χ1) is 9.89. The third-order valence-corrected chi connectivity index (χ3v) is 7.32.